The molecular weight excluding hydrogens is 217 g/mol. The maximum atomic E-state index is 14.1. The molecule has 4 heteroatoms. The van der Waals surface area contributed by atoms with E-state index < -0.39 is 0 Å². The van der Waals surface area contributed by atoms with Gasteiger partial charge in [0.15, 0.2) is 11.6 Å². The molecule has 2 N–H and O–H groups in total. The van der Waals surface area contributed by atoms with Crippen LogP contribution in [0.2, 0.25) is 0 Å². The molecule has 0 saturated heterocycles. The van der Waals surface area contributed by atoms with Gasteiger partial charge in [0, 0.05) is 29.9 Å². The first-order valence-electron chi connectivity index (χ1n) is 6.11. The number of halogens is 1. The van der Waals surface area contributed by atoms with Crippen molar-refractivity contribution in [3.8, 4) is 0 Å². The fourth-order valence-electron chi connectivity index (χ4n) is 1.50. The van der Waals surface area contributed by atoms with Gasteiger partial charge in [0.25, 0.3) is 0 Å². The van der Waals surface area contributed by atoms with Crippen molar-refractivity contribution in [3.05, 3.63) is 23.6 Å². The average molecular weight is 237 g/mol. The molecule has 0 bridgehead atoms. The summed E-state index contributed by atoms with van der Waals surface area (Å²) in [6.07, 6.45) is 3.89. The molecule has 0 atom stereocenters. The van der Waals surface area contributed by atoms with E-state index in [1.165, 1.54) is 0 Å². The maximum Gasteiger partial charge on any atom is 0.169 e. The molecule has 0 amide bonds. The minimum atomic E-state index is -0.226. The van der Waals surface area contributed by atoms with Gasteiger partial charge in [0.1, 0.15) is 0 Å². The highest BCUT2D eigenvalue weighted by atomic mass is 19.1. The average Bonchev–Trinajstić information content (AvgIpc) is 3.02. The Bertz CT molecular complexity index is 394. The topological polar surface area (TPSA) is 37.0 Å². The molecule has 0 radical (unpaired) electrons. The predicted molar refractivity (Wildman–Crippen MR) is 67.4 cm³/mol. The van der Waals surface area contributed by atoms with Gasteiger partial charge in [-0.15, -0.1) is 0 Å². The van der Waals surface area contributed by atoms with Crippen LogP contribution in [0.25, 0.3) is 0 Å². The lowest BCUT2D eigenvalue weighted by Crippen LogP contribution is -2.35. The molecule has 1 fully saturated rings. The van der Waals surface area contributed by atoms with Crippen molar-refractivity contribution < 1.29 is 4.39 Å². The first-order chi connectivity index (χ1) is 7.96. The smallest absolute Gasteiger partial charge is 0.169 e. The molecule has 2 rings (SSSR count). The van der Waals surface area contributed by atoms with E-state index in [0.29, 0.717) is 24.0 Å². The maximum absolute atomic E-state index is 14.1. The third-order valence-electron chi connectivity index (χ3n) is 2.70. The third kappa shape index (κ3) is 3.66. The molecule has 1 aliphatic carbocycles. The highest BCUT2D eigenvalue weighted by Gasteiger charge is 2.23. The van der Waals surface area contributed by atoms with Gasteiger partial charge in [-0.05, 0) is 39.7 Å². The summed E-state index contributed by atoms with van der Waals surface area (Å²) in [6, 6.07) is 2.15. The van der Waals surface area contributed by atoms with Gasteiger partial charge in [-0.1, -0.05) is 0 Å². The molecule has 94 valence electrons. The van der Waals surface area contributed by atoms with Crippen LogP contribution in [-0.2, 0) is 6.54 Å². The Hall–Kier alpha value is -1.16. The largest absolute Gasteiger partial charge is 0.365 e. The summed E-state index contributed by atoms with van der Waals surface area (Å²) in [7, 11) is 0. The van der Waals surface area contributed by atoms with Crippen molar-refractivity contribution in [2.45, 2.75) is 51.7 Å². The van der Waals surface area contributed by atoms with Crippen LogP contribution < -0.4 is 10.6 Å². The summed E-state index contributed by atoms with van der Waals surface area (Å²) < 4.78 is 14.1. The number of hydrogen-bond donors (Lipinski definition) is 2. The Labute approximate surface area is 102 Å². The predicted octanol–water partition coefficient (Wildman–Crippen LogP) is 2.68. The first kappa shape index (κ1) is 12.3. The summed E-state index contributed by atoms with van der Waals surface area (Å²) >= 11 is 0. The highest BCUT2D eigenvalue weighted by molar-refractivity contribution is 5.41. The van der Waals surface area contributed by atoms with Crippen LogP contribution >= 0.6 is 0 Å². The Balaban J connectivity index is 2.05. The van der Waals surface area contributed by atoms with E-state index in [1.807, 2.05) is 0 Å². The number of hydrogen-bond acceptors (Lipinski definition) is 3. The van der Waals surface area contributed by atoms with Crippen molar-refractivity contribution in [2.75, 3.05) is 5.32 Å². The van der Waals surface area contributed by atoms with Gasteiger partial charge in [0.2, 0.25) is 0 Å². The lowest BCUT2D eigenvalue weighted by molar-refractivity contribution is 0.418. The van der Waals surface area contributed by atoms with Crippen molar-refractivity contribution in [1.82, 2.24) is 10.3 Å². The van der Waals surface area contributed by atoms with E-state index in [-0.39, 0.29) is 11.4 Å². The second kappa shape index (κ2) is 4.61. The van der Waals surface area contributed by atoms with Crippen LogP contribution in [0.15, 0.2) is 12.3 Å². The molecule has 1 aliphatic rings. The van der Waals surface area contributed by atoms with Crippen LogP contribution in [0.1, 0.15) is 39.2 Å². The van der Waals surface area contributed by atoms with Gasteiger partial charge in [-0.3, -0.25) is 0 Å². The third-order valence-corrected chi connectivity index (χ3v) is 2.70. The summed E-state index contributed by atoms with van der Waals surface area (Å²) in [6.45, 7) is 6.72. The number of rotatable bonds is 4. The zero-order valence-electron chi connectivity index (χ0n) is 10.7. The SMILES string of the molecule is CC(C)(C)NCc1ccnc(NC2CC2)c1F. The molecule has 1 saturated carbocycles. The molecule has 0 unspecified atom stereocenters. The fraction of sp³-hybridized carbons (Fsp3) is 0.615. The van der Waals surface area contributed by atoms with E-state index in [0.717, 1.165) is 12.8 Å². The van der Waals surface area contributed by atoms with Gasteiger partial charge >= 0.3 is 0 Å². The van der Waals surface area contributed by atoms with E-state index in [9.17, 15) is 4.39 Å². The quantitative estimate of drug-likeness (QED) is 0.845. The Morgan fingerprint density at radius 1 is 1.41 bits per heavy atom. The molecule has 0 spiro atoms. The van der Waals surface area contributed by atoms with E-state index >= 15 is 0 Å². The summed E-state index contributed by atoms with van der Waals surface area (Å²) in [5, 5.41) is 6.39. The fourth-order valence-corrected chi connectivity index (χ4v) is 1.50. The molecule has 0 aromatic carbocycles. The molecule has 17 heavy (non-hydrogen) atoms. The van der Waals surface area contributed by atoms with Gasteiger partial charge in [-0.25, -0.2) is 9.37 Å². The van der Waals surface area contributed by atoms with Crippen LogP contribution in [0, 0.1) is 5.82 Å². The molecular formula is C13H20FN3. The first-order valence-corrected chi connectivity index (χ1v) is 6.11. The molecule has 1 heterocycles. The van der Waals surface area contributed by atoms with Crippen molar-refractivity contribution in [1.29, 1.82) is 0 Å². The van der Waals surface area contributed by atoms with Crippen LogP contribution in [0.5, 0.6) is 0 Å². The van der Waals surface area contributed by atoms with E-state index in [4.69, 9.17) is 0 Å². The molecule has 1 aromatic rings. The normalized spacial score (nSPS) is 16.0. The minimum absolute atomic E-state index is 0.0141. The van der Waals surface area contributed by atoms with Gasteiger partial charge in [0.05, 0.1) is 0 Å². The van der Waals surface area contributed by atoms with Crippen molar-refractivity contribution in [3.63, 3.8) is 0 Å². The zero-order chi connectivity index (χ0) is 12.5. The van der Waals surface area contributed by atoms with Gasteiger partial charge in [-0.2, -0.15) is 0 Å². The second-order valence-corrected chi connectivity index (χ2v) is 5.65. The van der Waals surface area contributed by atoms with E-state index in [2.05, 4.69) is 36.4 Å². The summed E-state index contributed by atoms with van der Waals surface area (Å²) in [5.74, 6) is 0.164. The second-order valence-electron chi connectivity index (χ2n) is 5.65. The van der Waals surface area contributed by atoms with E-state index in [1.54, 1.807) is 12.3 Å². The van der Waals surface area contributed by atoms with Crippen LogP contribution in [0.3, 0.4) is 0 Å². The summed E-state index contributed by atoms with van der Waals surface area (Å²) in [4.78, 5) is 4.05. The van der Waals surface area contributed by atoms with Gasteiger partial charge < -0.3 is 10.6 Å². The van der Waals surface area contributed by atoms with Crippen LogP contribution in [-0.4, -0.2) is 16.6 Å². The lowest BCUT2D eigenvalue weighted by Gasteiger charge is -2.21. The number of anilines is 1. The Kier molecular flexibility index (Phi) is 3.33. The van der Waals surface area contributed by atoms with Crippen molar-refractivity contribution in [2.24, 2.45) is 0 Å². The molecule has 1 aromatic heterocycles. The minimum Gasteiger partial charge on any atom is -0.365 e. The molecule has 3 nitrogen and oxygen atoms in total. The lowest BCUT2D eigenvalue weighted by atomic mass is 10.1. The Morgan fingerprint density at radius 2 is 2.12 bits per heavy atom. The standard InChI is InChI=1S/C13H20FN3/c1-13(2,3)16-8-9-6-7-15-12(11(9)14)17-10-4-5-10/h6-7,10,16H,4-5,8H2,1-3H3,(H,15,17). The highest BCUT2D eigenvalue weighted by Crippen LogP contribution is 2.25. The number of pyridine rings is 1. The number of nitrogens with one attached hydrogen (secondary N) is 2. The van der Waals surface area contributed by atoms with Crippen molar-refractivity contribution >= 4 is 5.82 Å². The number of nitrogens with zero attached hydrogens (tertiary/aromatic N) is 1. The Morgan fingerprint density at radius 3 is 2.71 bits per heavy atom. The monoisotopic (exact) mass is 237 g/mol. The van der Waals surface area contributed by atoms with Crippen LogP contribution in [0.4, 0.5) is 10.2 Å². The zero-order valence-corrected chi connectivity index (χ0v) is 10.7. The number of aromatic nitrogens is 1. The summed E-state index contributed by atoms with van der Waals surface area (Å²) in [5.41, 5.74) is 0.651. The molecule has 0 aliphatic heterocycles.